The van der Waals surface area contributed by atoms with Crippen LogP contribution in [-0.2, 0) is 7.05 Å². The number of nitrogens with zero attached hydrogens (tertiary/aromatic N) is 3. The minimum atomic E-state index is -0.0981. The van der Waals surface area contributed by atoms with Crippen molar-refractivity contribution in [3.63, 3.8) is 0 Å². The fourth-order valence-corrected chi connectivity index (χ4v) is 0.900. The van der Waals surface area contributed by atoms with E-state index in [1.165, 1.54) is 6.92 Å². The van der Waals surface area contributed by atoms with Gasteiger partial charge in [-0.25, -0.2) is 0 Å². The molecule has 4 nitrogen and oxygen atoms in total. The van der Waals surface area contributed by atoms with Crippen LogP contribution >= 0.6 is 11.8 Å². The monoisotopic (exact) mass is 172 g/mol. The van der Waals surface area contributed by atoms with Crippen LogP contribution in [0.1, 0.15) is 17.5 Å². The summed E-state index contributed by atoms with van der Waals surface area (Å²) in [6.07, 6.45) is 1.59. The Kier molecular flexibility index (Phi) is 2.14. The van der Waals surface area contributed by atoms with Crippen LogP contribution in [0.3, 0.4) is 0 Å². The zero-order valence-corrected chi connectivity index (χ0v) is 6.96. The number of aromatic nitrogens is 2. The van der Waals surface area contributed by atoms with Crippen LogP contribution in [0.5, 0.6) is 0 Å². The molecule has 0 atom stereocenters. The van der Waals surface area contributed by atoms with Crippen LogP contribution in [0.4, 0.5) is 5.82 Å². The molecule has 0 radical (unpaired) electrons. The Hall–Kier alpha value is -1.03. The van der Waals surface area contributed by atoms with E-state index in [0.29, 0.717) is 11.6 Å². The first kappa shape index (κ1) is 8.07. The first-order valence-corrected chi connectivity index (χ1v) is 3.35. The highest BCUT2D eigenvalue weighted by molar-refractivity contribution is 6.28. The van der Waals surface area contributed by atoms with Gasteiger partial charge in [0.25, 0.3) is 0 Å². The molecule has 1 aromatic rings. The molecule has 0 spiro atoms. The summed E-state index contributed by atoms with van der Waals surface area (Å²) in [7, 11) is 1.72. The summed E-state index contributed by atoms with van der Waals surface area (Å²) in [6.45, 7) is 1.44. The first-order valence-electron chi connectivity index (χ1n) is 3.01. The van der Waals surface area contributed by atoms with Crippen LogP contribution in [0, 0.1) is 0 Å². The number of halogens is 1. The van der Waals surface area contributed by atoms with Crippen LogP contribution < -0.4 is 0 Å². The van der Waals surface area contributed by atoms with Gasteiger partial charge in [0.1, 0.15) is 0 Å². The normalized spacial score (nSPS) is 9.73. The van der Waals surface area contributed by atoms with Crippen molar-refractivity contribution in [2.45, 2.75) is 6.92 Å². The quantitative estimate of drug-likeness (QED) is 0.639. The van der Waals surface area contributed by atoms with Crippen molar-refractivity contribution in [2.24, 2.45) is 7.05 Å². The van der Waals surface area contributed by atoms with Gasteiger partial charge in [0.2, 0.25) is 0 Å². The highest BCUT2D eigenvalue weighted by Crippen LogP contribution is 2.18. The van der Waals surface area contributed by atoms with Crippen molar-refractivity contribution in [1.82, 2.24) is 9.55 Å². The molecule has 0 N–H and O–H groups in total. The lowest BCUT2D eigenvalue weighted by molar-refractivity contribution is 0.100. The summed E-state index contributed by atoms with van der Waals surface area (Å²) in [5, 5.41) is 0. The maximum atomic E-state index is 10.8. The summed E-state index contributed by atoms with van der Waals surface area (Å²) in [4.78, 5) is 18.0. The van der Waals surface area contributed by atoms with E-state index in [2.05, 4.69) is 9.82 Å². The van der Waals surface area contributed by atoms with E-state index in [-0.39, 0.29) is 5.78 Å². The third-order valence-corrected chi connectivity index (χ3v) is 1.44. The second kappa shape index (κ2) is 2.92. The van der Waals surface area contributed by atoms with Crippen molar-refractivity contribution in [3.8, 4) is 0 Å². The zero-order chi connectivity index (χ0) is 8.43. The molecule has 0 saturated heterocycles. The molecular weight excluding hydrogens is 166 g/mol. The van der Waals surface area contributed by atoms with Crippen molar-refractivity contribution >= 4 is 23.4 Å². The van der Waals surface area contributed by atoms with E-state index in [9.17, 15) is 4.79 Å². The van der Waals surface area contributed by atoms with Crippen LogP contribution in [0.15, 0.2) is 6.20 Å². The molecule has 11 heavy (non-hydrogen) atoms. The topological polar surface area (TPSA) is 49.0 Å². The molecule has 0 saturated carbocycles. The highest BCUT2D eigenvalue weighted by atomic mass is 35.5. The van der Waals surface area contributed by atoms with Gasteiger partial charge in [0.15, 0.2) is 5.78 Å². The predicted octanol–water partition coefficient (Wildman–Crippen LogP) is 1.78. The molecular formula is C6H7ClN3O-. The second-order valence-corrected chi connectivity index (χ2v) is 2.34. The maximum absolute atomic E-state index is 10.8. The fourth-order valence-electron chi connectivity index (χ4n) is 0.818. The molecule has 0 fully saturated rings. The number of Topliss-reactive ketones (excluding diaryl/α,β-unsaturated/α-hetero) is 1. The molecule has 1 rings (SSSR count). The van der Waals surface area contributed by atoms with Crippen molar-refractivity contribution in [3.05, 3.63) is 16.9 Å². The number of hydrogen-bond donors (Lipinski definition) is 0. The number of rotatable bonds is 2. The number of carbonyl (C=O) groups excluding carboxylic acids is 1. The molecule has 1 aromatic heterocycles. The highest BCUT2D eigenvalue weighted by Gasteiger charge is 1.99. The lowest BCUT2D eigenvalue weighted by atomic mass is 10.4. The summed E-state index contributed by atoms with van der Waals surface area (Å²) in [5.41, 5.74) is 0. The lowest BCUT2D eigenvalue weighted by Gasteiger charge is -1.98. The fraction of sp³-hybridized carbons (Fsp3) is 0.333. The van der Waals surface area contributed by atoms with Gasteiger partial charge in [-0.2, -0.15) is 0 Å². The second-order valence-electron chi connectivity index (χ2n) is 2.17. The smallest absolute Gasteiger partial charge is 0.172 e. The third kappa shape index (κ3) is 1.51. The Balaban J connectivity index is 3.07. The standard InChI is InChI=1S/C6H7ClN3O/c1-4(11)6-8-5(9-7)3-10(6)2/h3H,1-2H3/q-1. The van der Waals surface area contributed by atoms with Gasteiger partial charge >= 0.3 is 0 Å². The number of imidazole rings is 1. The summed E-state index contributed by atoms with van der Waals surface area (Å²) >= 11 is 5.15. The Morgan fingerprint density at radius 2 is 2.45 bits per heavy atom. The van der Waals surface area contributed by atoms with Gasteiger partial charge in [-0.3, -0.25) is 4.79 Å². The Morgan fingerprint density at radius 3 is 2.73 bits per heavy atom. The average molecular weight is 173 g/mol. The molecule has 1 heterocycles. The minimum absolute atomic E-state index is 0.0981. The van der Waals surface area contributed by atoms with E-state index in [1.54, 1.807) is 17.8 Å². The van der Waals surface area contributed by atoms with Crippen LogP contribution in [0.2, 0.25) is 0 Å². The van der Waals surface area contributed by atoms with E-state index in [4.69, 9.17) is 11.8 Å². The molecule has 60 valence electrons. The first-order chi connectivity index (χ1) is 5.15. The van der Waals surface area contributed by atoms with Gasteiger partial charge in [0.05, 0.1) is 5.82 Å². The number of aryl methyl sites for hydroxylation is 1. The molecule has 5 heteroatoms. The number of ketones is 1. The van der Waals surface area contributed by atoms with Gasteiger partial charge in [-0.05, 0) is 5.82 Å². The van der Waals surface area contributed by atoms with Crippen LogP contribution in [-0.4, -0.2) is 15.3 Å². The third-order valence-electron chi connectivity index (χ3n) is 1.27. The molecule has 0 aromatic carbocycles. The molecule has 0 aliphatic rings. The minimum Gasteiger partial charge on any atom is -0.417 e. The predicted molar refractivity (Wildman–Crippen MR) is 42.1 cm³/mol. The largest absolute Gasteiger partial charge is 0.417 e. The van der Waals surface area contributed by atoms with Gasteiger partial charge in [-0.15, -0.1) is 11.8 Å². The summed E-state index contributed by atoms with van der Waals surface area (Å²) in [5.74, 6) is 0.628. The molecule has 0 unspecified atom stereocenters. The number of hydrogen-bond acceptors (Lipinski definition) is 2. The molecule has 0 aliphatic heterocycles. The van der Waals surface area contributed by atoms with Crippen molar-refractivity contribution in [2.75, 3.05) is 0 Å². The Morgan fingerprint density at radius 1 is 1.82 bits per heavy atom. The summed E-state index contributed by atoms with van der Waals surface area (Å²) < 4.78 is 1.59. The summed E-state index contributed by atoms with van der Waals surface area (Å²) in [6, 6.07) is 0. The lowest BCUT2D eigenvalue weighted by Crippen LogP contribution is -2.01. The Bertz CT molecular complexity index is 281. The van der Waals surface area contributed by atoms with E-state index in [0.717, 1.165) is 0 Å². The average Bonchev–Trinajstić information content (AvgIpc) is 2.30. The molecule has 0 aliphatic carbocycles. The zero-order valence-electron chi connectivity index (χ0n) is 6.21. The van der Waals surface area contributed by atoms with E-state index in [1.807, 2.05) is 0 Å². The molecule has 0 bridgehead atoms. The van der Waals surface area contributed by atoms with E-state index >= 15 is 0 Å². The van der Waals surface area contributed by atoms with Crippen LogP contribution in [0.25, 0.3) is 4.84 Å². The van der Waals surface area contributed by atoms with Gasteiger partial charge < -0.3 is 14.4 Å². The van der Waals surface area contributed by atoms with Gasteiger partial charge in [-0.1, -0.05) is 0 Å². The number of carbonyl (C=O) groups is 1. The van der Waals surface area contributed by atoms with Gasteiger partial charge in [0, 0.05) is 20.2 Å². The van der Waals surface area contributed by atoms with Crippen molar-refractivity contribution in [1.29, 1.82) is 0 Å². The molecule has 0 amide bonds. The Labute approximate surface area is 69.3 Å². The maximum Gasteiger partial charge on any atom is 0.172 e. The van der Waals surface area contributed by atoms with E-state index < -0.39 is 0 Å². The SMILES string of the molecule is CC(=O)c1nc([N-]Cl)cn1C. The van der Waals surface area contributed by atoms with Crippen molar-refractivity contribution < 1.29 is 4.79 Å².